The molecular weight excluding hydrogens is 329 g/mol. The minimum absolute atomic E-state index is 0.665. The molecule has 0 N–H and O–H groups in total. The minimum atomic E-state index is 0.665. The first-order chi connectivity index (χ1) is 8.20. The number of nitrogens with zero attached hydrogens (tertiary/aromatic N) is 3. The summed E-state index contributed by atoms with van der Waals surface area (Å²) in [6.45, 7) is 0. The quantitative estimate of drug-likeness (QED) is 0.805. The van der Waals surface area contributed by atoms with E-state index in [2.05, 4.69) is 32.6 Å². The molecule has 17 heavy (non-hydrogen) atoms. The minimum Gasteiger partial charge on any atom is -0.497 e. The van der Waals surface area contributed by atoms with Gasteiger partial charge in [0, 0.05) is 34.8 Å². The highest BCUT2D eigenvalue weighted by molar-refractivity contribution is 14.1. The predicted molar refractivity (Wildman–Crippen MR) is 75.8 cm³/mol. The number of rotatable bonds is 3. The Morgan fingerprint density at radius 1 is 1.24 bits per heavy atom. The number of methoxy groups -OCH3 is 1. The van der Waals surface area contributed by atoms with E-state index in [9.17, 15) is 0 Å². The number of halogens is 1. The van der Waals surface area contributed by atoms with Crippen molar-refractivity contribution in [3.05, 3.63) is 40.2 Å². The zero-order chi connectivity index (χ0) is 12.3. The molecule has 0 aliphatic rings. The third-order valence-corrected chi connectivity index (χ3v) is 2.90. The largest absolute Gasteiger partial charge is 0.497 e. The van der Waals surface area contributed by atoms with Gasteiger partial charge in [-0.25, -0.2) is 9.97 Å². The Kier molecular flexibility index (Phi) is 3.78. The molecule has 0 fully saturated rings. The van der Waals surface area contributed by atoms with Crippen LogP contribution in [0.1, 0.15) is 0 Å². The van der Waals surface area contributed by atoms with Gasteiger partial charge in [-0.2, -0.15) is 0 Å². The molecule has 0 aliphatic carbocycles. The van der Waals surface area contributed by atoms with Crippen molar-refractivity contribution in [2.45, 2.75) is 0 Å². The van der Waals surface area contributed by atoms with Crippen LogP contribution in [0, 0.1) is 3.57 Å². The van der Waals surface area contributed by atoms with Gasteiger partial charge in [-0.15, -0.1) is 0 Å². The molecule has 88 valence electrons. The van der Waals surface area contributed by atoms with Gasteiger partial charge in [-0.05, 0) is 34.7 Å². The van der Waals surface area contributed by atoms with Crippen LogP contribution in [-0.2, 0) is 0 Å². The molecule has 2 aromatic rings. The van der Waals surface area contributed by atoms with Crippen LogP contribution in [0.5, 0.6) is 5.75 Å². The van der Waals surface area contributed by atoms with Crippen LogP contribution in [0.25, 0.3) is 0 Å². The first-order valence-electron chi connectivity index (χ1n) is 5.06. The zero-order valence-corrected chi connectivity index (χ0v) is 11.7. The second-order valence-corrected chi connectivity index (χ2v) is 4.71. The van der Waals surface area contributed by atoms with E-state index in [4.69, 9.17) is 4.74 Å². The van der Waals surface area contributed by atoms with E-state index in [1.54, 1.807) is 19.5 Å². The van der Waals surface area contributed by atoms with Gasteiger partial charge < -0.3 is 9.64 Å². The van der Waals surface area contributed by atoms with Gasteiger partial charge >= 0.3 is 0 Å². The zero-order valence-electron chi connectivity index (χ0n) is 9.59. The molecule has 1 aromatic heterocycles. The highest BCUT2D eigenvalue weighted by atomic mass is 127. The van der Waals surface area contributed by atoms with E-state index in [0.29, 0.717) is 5.95 Å². The van der Waals surface area contributed by atoms with Crippen LogP contribution in [0.15, 0.2) is 36.7 Å². The highest BCUT2D eigenvalue weighted by Gasteiger charge is 2.07. The van der Waals surface area contributed by atoms with E-state index in [1.807, 2.05) is 36.2 Å². The van der Waals surface area contributed by atoms with Gasteiger partial charge in [0.1, 0.15) is 5.75 Å². The number of benzene rings is 1. The molecule has 2 rings (SSSR count). The first kappa shape index (κ1) is 12.1. The summed E-state index contributed by atoms with van der Waals surface area (Å²) in [6, 6.07) is 7.79. The lowest BCUT2D eigenvalue weighted by molar-refractivity contribution is 0.415. The Labute approximate surface area is 114 Å². The summed E-state index contributed by atoms with van der Waals surface area (Å²) in [5.41, 5.74) is 0.991. The van der Waals surface area contributed by atoms with Gasteiger partial charge in [0.15, 0.2) is 0 Å². The van der Waals surface area contributed by atoms with Gasteiger partial charge in [-0.3, -0.25) is 0 Å². The van der Waals surface area contributed by atoms with Crippen LogP contribution in [0.3, 0.4) is 0 Å². The Morgan fingerprint density at radius 3 is 2.59 bits per heavy atom. The fraction of sp³-hybridized carbons (Fsp3) is 0.167. The average molecular weight is 341 g/mol. The normalized spacial score (nSPS) is 10.1. The van der Waals surface area contributed by atoms with Crippen molar-refractivity contribution in [1.29, 1.82) is 0 Å². The molecule has 1 aromatic carbocycles. The Morgan fingerprint density at radius 2 is 1.94 bits per heavy atom. The lowest BCUT2D eigenvalue weighted by Gasteiger charge is -2.17. The van der Waals surface area contributed by atoms with Crippen molar-refractivity contribution in [2.75, 3.05) is 19.1 Å². The van der Waals surface area contributed by atoms with Crippen LogP contribution in [-0.4, -0.2) is 24.1 Å². The molecule has 4 nitrogen and oxygen atoms in total. The summed E-state index contributed by atoms with van der Waals surface area (Å²) in [6.07, 6.45) is 3.58. The van der Waals surface area contributed by atoms with Crippen LogP contribution < -0.4 is 9.64 Å². The molecule has 0 radical (unpaired) electrons. The van der Waals surface area contributed by atoms with Gasteiger partial charge in [0.25, 0.3) is 0 Å². The molecule has 5 heteroatoms. The van der Waals surface area contributed by atoms with Gasteiger partial charge in [0.2, 0.25) is 5.95 Å². The van der Waals surface area contributed by atoms with Crippen molar-refractivity contribution >= 4 is 34.2 Å². The van der Waals surface area contributed by atoms with Crippen molar-refractivity contribution in [3.63, 3.8) is 0 Å². The molecule has 0 saturated heterocycles. The van der Waals surface area contributed by atoms with Crippen molar-refractivity contribution in [3.8, 4) is 5.75 Å². The molecule has 0 unspecified atom stereocenters. The van der Waals surface area contributed by atoms with Crippen LogP contribution in [0.4, 0.5) is 11.6 Å². The summed E-state index contributed by atoms with van der Waals surface area (Å²) in [7, 11) is 3.58. The topological polar surface area (TPSA) is 38.2 Å². The summed E-state index contributed by atoms with van der Waals surface area (Å²) in [4.78, 5) is 10.5. The second-order valence-electron chi connectivity index (χ2n) is 3.46. The lowest BCUT2D eigenvalue weighted by atomic mass is 10.3. The standard InChI is InChI=1S/C12H12IN3O/c1-16(12-14-7-9(13)8-15-12)10-4-3-5-11(6-10)17-2/h3-8H,1-2H3. The maximum atomic E-state index is 5.19. The smallest absolute Gasteiger partial charge is 0.229 e. The van der Waals surface area contributed by atoms with Crippen LogP contribution in [0.2, 0.25) is 0 Å². The summed E-state index contributed by atoms with van der Waals surface area (Å²) < 4.78 is 6.21. The maximum absolute atomic E-state index is 5.19. The van der Waals surface area contributed by atoms with E-state index in [-0.39, 0.29) is 0 Å². The average Bonchev–Trinajstić information content (AvgIpc) is 2.39. The van der Waals surface area contributed by atoms with Crippen molar-refractivity contribution in [1.82, 2.24) is 9.97 Å². The molecule has 1 heterocycles. The molecule has 0 atom stereocenters. The lowest BCUT2D eigenvalue weighted by Crippen LogP contribution is -2.12. The van der Waals surface area contributed by atoms with E-state index in [1.165, 1.54) is 0 Å². The van der Waals surface area contributed by atoms with E-state index in [0.717, 1.165) is 15.0 Å². The molecule has 0 amide bonds. The Balaban J connectivity index is 2.29. The molecule has 0 bridgehead atoms. The van der Waals surface area contributed by atoms with Gasteiger partial charge in [0.05, 0.1) is 7.11 Å². The fourth-order valence-corrected chi connectivity index (χ4v) is 1.69. The van der Waals surface area contributed by atoms with Gasteiger partial charge in [-0.1, -0.05) is 6.07 Å². The Bertz CT molecular complexity index is 501. The summed E-state index contributed by atoms with van der Waals surface area (Å²) in [5, 5.41) is 0. The number of hydrogen-bond acceptors (Lipinski definition) is 4. The first-order valence-corrected chi connectivity index (χ1v) is 6.14. The SMILES string of the molecule is COc1cccc(N(C)c2ncc(I)cn2)c1. The fourth-order valence-electron chi connectivity index (χ4n) is 1.41. The van der Waals surface area contributed by atoms with E-state index < -0.39 is 0 Å². The van der Waals surface area contributed by atoms with Crippen molar-refractivity contribution in [2.24, 2.45) is 0 Å². The third kappa shape index (κ3) is 2.85. The number of anilines is 2. The third-order valence-electron chi connectivity index (χ3n) is 2.35. The monoisotopic (exact) mass is 341 g/mol. The Hall–Kier alpha value is -1.37. The summed E-state index contributed by atoms with van der Waals surface area (Å²) in [5.74, 6) is 1.48. The second kappa shape index (κ2) is 5.31. The van der Waals surface area contributed by atoms with Crippen molar-refractivity contribution < 1.29 is 4.74 Å². The molecule has 0 spiro atoms. The molecule has 0 aliphatic heterocycles. The molecular formula is C12H12IN3O. The highest BCUT2D eigenvalue weighted by Crippen LogP contribution is 2.24. The van der Waals surface area contributed by atoms with E-state index >= 15 is 0 Å². The predicted octanol–water partition coefficient (Wildman–Crippen LogP) is 2.86. The number of hydrogen-bond donors (Lipinski definition) is 0. The number of aromatic nitrogens is 2. The van der Waals surface area contributed by atoms with Crippen LogP contribution >= 0.6 is 22.6 Å². The maximum Gasteiger partial charge on any atom is 0.229 e. The molecule has 0 saturated carbocycles. The number of ether oxygens (including phenoxy) is 1. The summed E-state index contributed by atoms with van der Waals surface area (Å²) >= 11 is 2.18.